The first-order valence-electron chi connectivity index (χ1n) is 5.49. The molecule has 1 aromatic rings. The maximum atomic E-state index is 2.46. The minimum Gasteiger partial charge on any atom is -0.0812 e. The molecule has 0 saturated heterocycles. The van der Waals surface area contributed by atoms with E-state index in [9.17, 15) is 0 Å². The van der Waals surface area contributed by atoms with Crippen LogP contribution in [0, 0.1) is 6.92 Å². The average Bonchev–Trinajstić information content (AvgIpc) is 2.44. The van der Waals surface area contributed by atoms with Gasteiger partial charge in [-0.05, 0) is 54.9 Å². The number of fused-ring (bicyclic) bond motifs is 1. The lowest BCUT2D eigenvalue weighted by molar-refractivity contribution is 0.711. The molecule has 0 heterocycles. The molecule has 0 aliphatic heterocycles. The number of alkyl halides is 1. The molecule has 1 heteroatoms. The fourth-order valence-corrected chi connectivity index (χ4v) is 3.21. The van der Waals surface area contributed by atoms with E-state index in [1.165, 1.54) is 37.7 Å². The Hall–Kier alpha value is -0.0500. The first-order chi connectivity index (χ1) is 6.83. The van der Waals surface area contributed by atoms with E-state index < -0.39 is 0 Å². The Balaban J connectivity index is 2.44. The minimum absolute atomic E-state index is 1.15. The molecule has 14 heavy (non-hydrogen) atoms. The van der Waals surface area contributed by atoms with Crippen LogP contribution in [0.5, 0.6) is 0 Å². The first kappa shape index (κ1) is 10.5. The van der Waals surface area contributed by atoms with E-state index in [0.29, 0.717) is 0 Å². The average molecular weight is 300 g/mol. The lowest BCUT2D eigenvalue weighted by Crippen LogP contribution is -1.98. The lowest BCUT2D eigenvalue weighted by atomic mass is 9.94. The molecule has 0 N–H and O–H groups in total. The van der Waals surface area contributed by atoms with Gasteiger partial charge < -0.3 is 0 Å². The van der Waals surface area contributed by atoms with Crippen LogP contribution in [-0.2, 0) is 17.3 Å². The normalized spacial score (nSPS) is 16.1. The lowest BCUT2D eigenvalue weighted by Gasteiger charge is -2.12. The molecule has 0 bridgehead atoms. The summed E-state index contributed by atoms with van der Waals surface area (Å²) in [5, 5.41) is 0. The Morgan fingerprint density at radius 3 is 2.71 bits per heavy atom. The summed E-state index contributed by atoms with van der Waals surface area (Å²) in [6, 6.07) is 4.69. The minimum atomic E-state index is 1.15. The van der Waals surface area contributed by atoms with Gasteiger partial charge in [0.15, 0.2) is 0 Å². The zero-order chi connectivity index (χ0) is 9.97. The Bertz CT molecular complexity index is 328. The van der Waals surface area contributed by atoms with E-state index in [-0.39, 0.29) is 0 Å². The van der Waals surface area contributed by atoms with Gasteiger partial charge in [0.1, 0.15) is 0 Å². The van der Waals surface area contributed by atoms with Crippen LogP contribution < -0.4 is 0 Å². The highest BCUT2D eigenvalue weighted by Crippen LogP contribution is 2.26. The van der Waals surface area contributed by atoms with Crippen LogP contribution >= 0.6 is 22.6 Å². The number of rotatable bonds is 1. The van der Waals surface area contributed by atoms with E-state index in [2.05, 4.69) is 41.6 Å². The molecule has 1 aliphatic rings. The molecule has 0 fully saturated rings. The zero-order valence-electron chi connectivity index (χ0n) is 8.78. The van der Waals surface area contributed by atoms with Crippen molar-refractivity contribution in [1.29, 1.82) is 0 Å². The molecule has 0 atom stereocenters. The van der Waals surface area contributed by atoms with Crippen molar-refractivity contribution in [2.24, 2.45) is 0 Å². The second-order valence-electron chi connectivity index (χ2n) is 4.18. The maximum absolute atomic E-state index is 2.46. The molecule has 2 rings (SSSR count). The Kier molecular flexibility index (Phi) is 3.47. The highest BCUT2D eigenvalue weighted by Gasteiger charge is 2.11. The summed E-state index contributed by atoms with van der Waals surface area (Å²) < 4.78 is 1.15. The van der Waals surface area contributed by atoms with Gasteiger partial charge in [0.05, 0.1) is 0 Å². The van der Waals surface area contributed by atoms with Gasteiger partial charge in [-0.2, -0.15) is 0 Å². The molecule has 0 unspecified atom stereocenters. The fraction of sp³-hybridized carbons (Fsp3) is 0.538. The van der Waals surface area contributed by atoms with Gasteiger partial charge in [0.25, 0.3) is 0 Å². The summed E-state index contributed by atoms with van der Waals surface area (Å²) >= 11 is 2.46. The predicted octanol–water partition coefficient (Wildman–Crippen LogP) is 4.20. The monoisotopic (exact) mass is 300 g/mol. The first-order valence-corrected chi connectivity index (χ1v) is 7.01. The maximum Gasteiger partial charge on any atom is 0.0249 e. The summed E-state index contributed by atoms with van der Waals surface area (Å²) in [6.07, 6.45) is 6.80. The molecule has 0 nitrogen and oxygen atoms in total. The van der Waals surface area contributed by atoms with Gasteiger partial charge in [-0.3, -0.25) is 0 Å². The van der Waals surface area contributed by atoms with Crippen molar-refractivity contribution in [2.75, 3.05) is 0 Å². The second kappa shape index (κ2) is 4.65. The number of hydrogen-bond donors (Lipinski definition) is 0. The van der Waals surface area contributed by atoms with Gasteiger partial charge in [-0.25, -0.2) is 0 Å². The smallest absolute Gasteiger partial charge is 0.0249 e. The summed E-state index contributed by atoms with van der Waals surface area (Å²) in [4.78, 5) is 0. The second-order valence-corrected chi connectivity index (χ2v) is 4.94. The zero-order valence-corrected chi connectivity index (χ0v) is 10.9. The fourth-order valence-electron chi connectivity index (χ4n) is 2.38. The van der Waals surface area contributed by atoms with Crippen molar-refractivity contribution in [3.05, 3.63) is 34.4 Å². The number of aryl methyl sites for hydroxylation is 1. The van der Waals surface area contributed by atoms with E-state index in [1.54, 1.807) is 16.7 Å². The van der Waals surface area contributed by atoms with Crippen molar-refractivity contribution in [2.45, 2.75) is 43.5 Å². The largest absolute Gasteiger partial charge is 0.0812 e. The molecule has 1 aromatic carbocycles. The summed E-state index contributed by atoms with van der Waals surface area (Å²) in [6.45, 7) is 2.30. The third-order valence-electron chi connectivity index (χ3n) is 3.32. The van der Waals surface area contributed by atoms with Gasteiger partial charge in [-0.15, -0.1) is 0 Å². The highest BCUT2D eigenvalue weighted by molar-refractivity contribution is 14.1. The third-order valence-corrected chi connectivity index (χ3v) is 4.15. The van der Waals surface area contributed by atoms with E-state index >= 15 is 0 Å². The van der Waals surface area contributed by atoms with Crippen molar-refractivity contribution < 1.29 is 0 Å². The predicted molar refractivity (Wildman–Crippen MR) is 70.2 cm³/mol. The molecule has 1 aliphatic carbocycles. The summed E-state index contributed by atoms with van der Waals surface area (Å²) in [7, 11) is 0. The van der Waals surface area contributed by atoms with Gasteiger partial charge in [0.2, 0.25) is 0 Å². The standard InChI is InChI=1S/C13H17I/c1-10-12(9-14)8-7-11-5-3-2-4-6-13(10)11/h7-8H,2-6,9H2,1H3. The molecule has 0 amide bonds. The summed E-state index contributed by atoms with van der Waals surface area (Å²) in [5.74, 6) is 0. The molecule has 0 spiro atoms. The Morgan fingerprint density at radius 2 is 1.93 bits per heavy atom. The van der Waals surface area contributed by atoms with Crippen molar-refractivity contribution in [3.63, 3.8) is 0 Å². The molecular formula is C13H17I. The van der Waals surface area contributed by atoms with Crippen molar-refractivity contribution >= 4 is 22.6 Å². The summed E-state index contributed by atoms with van der Waals surface area (Å²) in [5.41, 5.74) is 6.38. The highest BCUT2D eigenvalue weighted by atomic mass is 127. The molecule has 76 valence electrons. The topological polar surface area (TPSA) is 0 Å². The number of halogens is 1. The third kappa shape index (κ3) is 1.97. The van der Waals surface area contributed by atoms with Crippen molar-refractivity contribution in [1.82, 2.24) is 0 Å². The van der Waals surface area contributed by atoms with Crippen molar-refractivity contribution in [3.8, 4) is 0 Å². The molecule has 0 radical (unpaired) electrons. The van der Waals surface area contributed by atoms with Gasteiger partial charge in [-0.1, -0.05) is 41.1 Å². The van der Waals surface area contributed by atoms with Crippen LogP contribution in [0.4, 0.5) is 0 Å². The quantitative estimate of drug-likeness (QED) is 0.414. The van der Waals surface area contributed by atoms with E-state index in [4.69, 9.17) is 0 Å². The van der Waals surface area contributed by atoms with Crippen LogP contribution in [0.3, 0.4) is 0 Å². The van der Waals surface area contributed by atoms with Crippen LogP contribution in [0.1, 0.15) is 41.5 Å². The Labute approximate surface area is 100 Å². The van der Waals surface area contributed by atoms with Gasteiger partial charge in [0, 0.05) is 4.43 Å². The SMILES string of the molecule is Cc1c(CI)ccc2c1CCCCC2. The van der Waals surface area contributed by atoms with Gasteiger partial charge >= 0.3 is 0 Å². The van der Waals surface area contributed by atoms with E-state index in [0.717, 1.165) is 4.43 Å². The molecular weight excluding hydrogens is 283 g/mol. The Morgan fingerprint density at radius 1 is 1.14 bits per heavy atom. The number of benzene rings is 1. The molecule has 0 aromatic heterocycles. The van der Waals surface area contributed by atoms with Crippen LogP contribution in [0.2, 0.25) is 0 Å². The van der Waals surface area contributed by atoms with Crippen LogP contribution in [0.15, 0.2) is 12.1 Å². The van der Waals surface area contributed by atoms with Crippen LogP contribution in [0.25, 0.3) is 0 Å². The number of hydrogen-bond acceptors (Lipinski definition) is 0. The van der Waals surface area contributed by atoms with Crippen LogP contribution in [-0.4, -0.2) is 0 Å². The van der Waals surface area contributed by atoms with E-state index in [1.807, 2.05) is 0 Å². The molecule has 0 saturated carbocycles.